The van der Waals surface area contributed by atoms with Crippen molar-refractivity contribution in [1.82, 2.24) is 9.62 Å². The van der Waals surface area contributed by atoms with Gasteiger partial charge in [-0.25, -0.2) is 8.42 Å². The molecule has 1 aromatic carbocycles. The third-order valence-electron chi connectivity index (χ3n) is 3.91. The molecule has 1 unspecified atom stereocenters. The van der Waals surface area contributed by atoms with Crippen molar-refractivity contribution in [3.8, 4) is 0 Å². The Morgan fingerprint density at radius 3 is 2.48 bits per heavy atom. The quantitative estimate of drug-likeness (QED) is 0.919. The van der Waals surface area contributed by atoms with Crippen molar-refractivity contribution in [2.45, 2.75) is 44.6 Å². The highest BCUT2D eigenvalue weighted by Gasteiger charge is 2.28. The van der Waals surface area contributed by atoms with Gasteiger partial charge in [0.1, 0.15) is 0 Å². The summed E-state index contributed by atoms with van der Waals surface area (Å²) in [6.45, 7) is 7.98. The van der Waals surface area contributed by atoms with Crippen molar-refractivity contribution in [1.29, 1.82) is 0 Å². The fraction of sp³-hybridized carbons (Fsp3) is 0.600. The van der Waals surface area contributed by atoms with Crippen LogP contribution in [0.4, 0.5) is 0 Å². The minimum absolute atomic E-state index is 0. The van der Waals surface area contributed by atoms with Gasteiger partial charge in [-0.3, -0.25) is 0 Å². The highest BCUT2D eigenvalue weighted by molar-refractivity contribution is 7.89. The molecule has 1 atom stereocenters. The van der Waals surface area contributed by atoms with E-state index in [0.29, 0.717) is 24.5 Å². The van der Waals surface area contributed by atoms with E-state index >= 15 is 0 Å². The maximum atomic E-state index is 12.7. The number of sulfonamides is 1. The SMILES string of the molecule is CCc1ccc(S(=O)(=O)N2CCNC(C)C2)cc1CC.Cl. The molecule has 1 aromatic rings. The van der Waals surface area contributed by atoms with Crippen LogP contribution in [0, 0.1) is 0 Å². The summed E-state index contributed by atoms with van der Waals surface area (Å²) in [6.07, 6.45) is 1.80. The summed E-state index contributed by atoms with van der Waals surface area (Å²) in [5, 5.41) is 3.27. The number of nitrogens with one attached hydrogen (secondary N) is 1. The Kier molecular flexibility index (Phi) is 6.66. The van der Waals surface area contributed by atoms with Crippen LogP contribution >= 0.6 is 12.4 Å². The molecule has 1 aliphatic heterocycles. The molecular weight excluding hydrogens is 308 g/mol. The zero-order valence-electron chi connectivity index (χ0n) is 12.9. The summed E-state index contributed by atoms with van der Waals surface area (Å²) in [6, 6.07) is 5.76. The summed E-state index contributed by atoms with van der Waals surface area (Å²) in [4.78, 5) is 0.431. The lowest BCUT2D eigenvalue weighted by atomic mass is 10.0. The summed E-state index contributed by atoms with van der Waals surface area (Å²) in [7, 11) is -3.36. The van der Waals surface area contributed by atoms with E-state index in [4.69, 9.17) is 0 Å². The lowest BCUT2D eigenvalue weighted by Gasteiger charge is -2.31. The van der Waals surface area contributed by atoms with Gasteiger partial charge < -0.3 is 5.32 Å². The van der Waals surface area contributed by atoms with Crippen LogP contribution in [0.25, 0.3) is 0 Å². The second kappa shape index (κ2) is 7.58. The normalized spacial score (nSPS) is 20.0. The zero-order chi connectivity index (χ0) is 14.8. The standard InChI is InChI=1S/C15H24N2O2S.ClH/c1-4-13-6-7-15(10-14(13)5-2)20(18,19)17-9-8-16-12(3)11-17;/h6-7,10,12,16H,4-5,8-9,11H2,1-3H3;1H. The van der Waals surface area contributed by atoms with Crippen molar-refractivity contribution in [2.75, 3.05) is 19.6 Å². The van der Waals surface area contributed by atoms with E-state index in [1.165, 1.54) is 5.56 Å². The number of hydrogen-bond acceptors (Lipinski definition) is 3. The molecule has 0 spiro atoms. The number of nitrogens with zero attached hydrogens (tertiary/aromatic N) is 1. The number of rotatable bonds is 4. The van der Waals surface area contributed by atoms with Crippen LogP contribution in [0.1, 0.15) is 31.9 Å². The second-order valence-corrected chi connectivity index (χ2v) is 7.29. The molecule has 21 heavy (non-hydrogen) atoms. The first-order valence-electron chi connectivity index (χ1n) is 7.34. The van der Waals surface area contributed by atoms with Crippen LogP contribution in [-0.4, -0.2) is 38.4 Å². The minimum atomic E-state index is -3.36. The monoisotopic (exact) mass is 332 g/mol. The van der Waals surface area contributed by atoms with E-state index in [1.54, 1.807) is 10.4 Å². The molecule has 0 saturated carbocycles. The van der Waals surface area contributed by atoms with Gasteiger partial charge in [-0.1, -0.05) is 19.9 Å². The van der Waals surface area contributed by atoms with E-state index in [1.807, 2.05) is 19.1 Å². The number of halogens is 1. The average molecular weight is 333 g/mol. The Hall–Kier alpha value is -0.620. The van der Waals surface area contributed by atoms with E-state index < -0.39 is 10.0 Å². The Morgan fingerprint density at radius 2 is 1.90 bits per heavy atom. The molecule has 6 heteroatoms. The summed E-state index contributed by atoms with van der Waals surface area (Å²) >= 11 is 0. The first-order chi connectivity index (χ1) is 9.48. The minimum Gasteiger partial charge on any atom is -0.312 e. The fourth-order valence-electron chi connectivity index (χ4n) is 2.70. The predicted octanol–water partition coefficient (Wildman–Crippen LogP) is 2.22. The largest absolute Gasteiger partial charge is 0.312 e. The third-order valence-corrected chi connectivity index (χ3v) is 5.77. The van der Waals surface area contributed by atoms with Gasteiger partial charge in [0.15, 0.2) is 0 Å². The number of aryl methyl sites for hydroxylation is 2. The van der Waals surface area contributed by atoms with Gasteiger partial charge in [0.05, 0.1) is 4.90 Å². The smallest absolute Gasteiger partial charge is 0.243 e. The molecule has 0 bridgehead atoms. The maximum Gasteiger partial charge on any atom is 0.243 e. The van der Waals surface area contributed by atoms with Crippen molar-refractivity contribution >= 4 is 22.4 Å². The molecule has 1 heterocycles. The number of hydrogen-bond donors (Lipinski definition) is 1. The average Bonchev–Trinajstić information content (AvgIpc) is 2.46. The van der Waals surface area contributed by atoms with Gasteiger partial charge in [0, 0.05) is 25.7 Å². The molecule has 0 radical (unpaired) electrons. The second-order valence-electron chi connectivity index (χ2n) is 5.36. The highest BCUT2D eigenvalue weighted by atomic mass is 35.5. The van der Waals surface area contributed by atoms with Crippen LogP contribution in [-0.2, 0) is 22.9 Å². The van der Waals surface area contributed by atoms with E-state index in [0.717, 1.165) is 18.4 Å². The number of piperazine rings is 1. The van der Waals surface area contributed by atoms with Crippen molar-refractivity contribution in [2.24, 2.45) is 0 Å². The Morgan fingerprint density at radius 1 is 1.24 bits per heavy atom. The molecule has 0 aliphatic carbocycles. The Labute approximate surface area is 134 Å². The molecule has 1 N–H and O–H groups in total. The molecule has 1 aliphatic rings. The maximum absolute atomic E-state index is 12.7. The summed E-state index contributed by atoms with van der Waals surface area (Å²) in [5.41, 5.74) is 2.37. The van der Waals surface area contributed by atoms with Crippen molar-refractivity contribution < 1.29 is 8.42 Å². The van der Waals surface area contributed by atoms with Crippen LogP contribution < -0.4 is 5.32 Å². The molecule has 4 nitrogen and oxygen atoms in total. The predicted molar refractivity (Wildman–Crippen MR) is 88.7 cm³/mol. The van der Waals surface area contributed by atoms with E-state index in [-0.39, 0.29) is 18.4 Å². The molecule has 2 rings (SSSR count). The van der Waals surface area contributed by atoms with Gasteiger partial charge in [0.25, 0.3) is 0 Å². The topological polar surface area (TPSA) is 49.4 Å². The van der Waals surface area contributed by atoms with Crippen LogP contribution in [0.5, 0.6) is 0 Å². The van der Waals surface area contributed by atoms with Crippen molar-refractivity contribution in [3.63, 3.8) is 0 Å². The Balaban J connectivity index is 0.00000220. The van der Waals surface area contributed by atoms with Gasteiger partial charge in [-0.2, -0.15) is 4.31 Å². The first kappa shape index (κ1) is 18.4. The van der Waals surface area contributed by atoms with Gasteiger partial charge >= 0.3 is 0 Å². The Bertz CT molecular complexity index is 575. The van der Waals surface area contributed by atoms with Gasteiger partial charge in [-0.05, 0) is 43.0 Å². The van der Waals surface area contributed by atoms with Gasteiger partial charge in [-0.15, -0.1) is 12.4 Å². The first-order valence-corrected chi connectivity index (χ1v) is 8.78. The molecule has 0 amide bonds. The zero-order valence-corrected chi connectivity index (χ0v) is 14.6. The molecule has 120 valence electrons. The molecule has 1 saturated heterocycles. The summed E-state index contributed by atoms with van der Waals surface area (Å²) in [5.74, 6) is 0. The van der Waals surface area contributed by atoms with Crippen LogP contribution in [0.2, 0.25) is 0 Å². The molecule has 0 aromatic heterocycles. The summed E-state index contributed by atoms with van der Waals surface area (Å²) < 4.78 is 27.0. The van der Waals surface area contributed by atoms with Crippen molar-refractivity contribution in [3.05, 3.63) is 29.3 Å². The highest BCUT2D eigenvalue weighted by Crippen LogP contribution is 2.21. The fourth-order valence-corrected chi connectivity index (χ4v) is 4.28. The van der Waals surface area contributed by atoms with E-state index in [2.05, 4.69) is 19.2 Å². The number of benzene rings is 1. The lowest BCUT2D eigenvalue weighted by Crippen LogP contribution is -2.51. The molecule has 1 fully saturated rings. The van der Waals surface area contributed by atoms with Crippen LogP contribution in [0.15, 0.2) is 23.1 Å². The lowest BCUT2D eigenvalue weighted by molar-refractivity contribution is 0.310. The van der Waals surface area contributed by atoms with Gasteiger partial charge in [0.2, 0.25) is 10.0 Å². The van der Waals surface area contributed by atoms with Crippen LogP contribution in [0.3, 0.4) is 0 Å². The van der Waals surface area contributed by atoms with E-state index in [9.17, 15) is 8.42 Å². The third kappa shape index (κ3) is 3.97. The molecular formula is C15H25ClN2O2S.